The summed E-state index contributed by atoms with van der Waals surface area (Å²) in [6.07, 6.45) is 8.26. The van der Waals surface area contributed by atoms with E-state index in [0.29, 0.717) is 6.10 Å². The number of likely N-dealkylation sites (tertiary alicyclic amines) is 1. The van der Waals surface area contributed by atoms with Gasteiger partial charge in [0.25, 0.3) is 0 Å². The first-order chi connectivity index (χ1) is 8.83. The minimum atomic E-state index is 0.563. The smallest absolute Gasteiger partial charge is 0.0576 e. The number of ether oxygens (including phenoxy) is 1. The van der Waals surface area contributed by atoms with Crippen molar-refractivity contribution in [1.82, 2.24) is 4.90 Å². The Morgan fingerprint density at radius 3 is 2.83 bits per heavy atom. The fourth-order valence-electron chi connectivity index (χ4n) is 3.55. The Morgan fingerprint density at radius 2 is 2.17 bits per heavy atom. The summed E-state index contributed by atoms with van der Waals surface area (Å²) >= 11 is 0. The molecule has 2 aliphatic heterocycles. The van der Waals surface area contributed by atoms with Gasteiger partial charge in [-0.3, -0.25) is 0 Å². The predicted octanol–water partition coefficient (Wildman–Crippen LogP) is 2.25. The first-order valence-corrected chi connectivity index (χ1v) is 7.87. The molecule has 18 heavy (non-hydrogen) atoms. The second-order valence-corrected chi connectivity index (χ2v) is 6.03. The lowest BCUT2D eigenvalue weighted by molar-refractivity contribution is 0.0876. The molecule has 2 rings (SSSR count). The lowest BCUT2D eigenvalue weighted by atomic mass is 9.84. The van der Waals surface area contributed by atoms with Crippen molar-refractivity contribution in [3.63, 3.8) is 0 Å². The fourth-order valence-corrected chi connectivity index (χ4v) is 3.55. The molecule has 0 bridgehead atoms. The molecule has 3 heteroatoms. The van der Waals surface area contributed by atoms with Crippen LogP contribution in [0.2, 0.25) is 0 Å². The lowest BCUT2D eigenvalue weighted by Gasteiger charge is -2.38. The van der Waals surface area contributed by atoms with Crippen LogP contribution in [0.4, 0.5) is 0 Å². The Kier molecular flexibility index (Phi) is 5.93. The summed E-state index contributed by atoms with van der Waals surface area (Å²) < 4.78 is 5.68. The monoisotopic (exact) mass is 254 g/mol. The summed E-state index contributed by atoms with van der Waals surface area (Å²) in [5.74, 6) is 1.59. The average Bonchev–Trinajstić information content (AvgIpc) is 2.91. The number of hydrogen-bond acceptors (Lipinski definition) is 3. The van der Waals surface area contributed by atoms with E-state index in [4.69, 9.17) is 10.5 Å². The molecule has 0 aromatic heterocycles. The molecule has 2 aliphatic rings. The molecule has 0 aliphatic carbocycles. The minimum absolute atomic E-state index is 0.563. The number of rotatable bonds is 6. The van der Waals surface area contributed by atoms with Crippen LogP contribution in [0.5, 0.6) is 0 Å². The van der Waals surface area contributed by atoms with Gasteiger partial charge in [0.1, 0.15) is 0 Å². The Balaban J connectivity index is 1.64. The van der Waals surface area contributed by atoms with Gasteiger partial charge in [-0.25, -0.2) is 0 Å². The number of nitrogens with zero attached hydrogens (tertiary/aromatic N) is 1. The Hall–Kier alpha value is -0.120. The van der Waals surface area contributed by atoms with Crippen molar-refractivity contribution >= 4 is 0 Å². The van der Waals surface area contributed by atoms with E-state index < -0.39 is 0 Å². The summed E-state index contributed by atoms with van der Waals surface area (Å²) in [4.78, 5) is 2.65. The van der Waals surface area contributed by atoms with Crippen LogP contribution in [-0.2, 0) is 4.74 Å². The highest BCUT2D eigenvalue weighted by atomic mass is 16.5. The normalized spacial score (nSPS) is 34.0. The Labute approximate surface area is 112 Å². The summed E-state index contributed by atoms with van der Waals surface area (Å²) in [5.41, 5.74) is 5.86. The van der Waals surface area contributed by atoms with Crippen LogP contribution >= 0.6 is 0 Å². The van der Waals surface area contributed by atoms with Crippen LogP contribution in [0.25, 0.3) is 0 Å². The van der Waals surface area contributed by atoms with E-state index in [-0.39, 0.29) is 0 Å². The molecule has 2 saturated heterocycles. The second-order valence-electron chi connectivity index (χ2n) is 6.03. The minimum Gasteiger partial charge on any atom is -0.378 e. The van der Waals surface area contributed by atoms with E-state index in [1.165, 1.54) is 58.2 Å². The maximum Gasteiger partial charge on any atom is 0.0576 e. The van der Waals surface area contributed by atoms with Gasteiger partial charge in [0.2, 0.25) is 0 Å². The predicted molar refractivity (Wildman–Crippen MR) is 75.6 cm³/mol. The second kappa shape index (κ2) is 7.46. The van der Waals surface area contributed by atoms with Gasteiger partial charge in [-0.2, -0.15) is 0 Å². The van der Waals surface area contributed by atoms with Gasteiger partial charge in [0.15, 0.2) is 0 Å². The fraction of sp³-hybridized carbons (Fsp3) is 1.00. The summed E-state index contributed by atoms with van der Waals surface area (Å²) in [6.45, 7) is 7.96. The molecule has 0 radical (unpaired) electrons. The maximum absolute atomic E-state index is 5.86. The molecule has 3 unspecified atom stereocenters. The van der Waals surface area contributed by atoms with E-state index >= 15 is 0 Å². The summed E-state index contributed by atoms with van der Waals surface area (Å²) in [6, 6.07) is 0. The van der Waals surface area contributed by atoms with Crippen molar-refractivity contribution in [2.45, 2.75) is 51.6 Å². The SMILES string of the molecule is CCC1CN(CCCC2CCCO2)CCC1CN. The third-order valence-electron chi connectivity index (χ3n) is 4.83. The van der Waals surface area contributed by atoms with Crippen molar-refractivity contribution in [3.8, 4) is 0 Å². The van der Waals surface area contributed by atoms with Gasteiger partial charge in [0.05, 0.1) is 6.10 Å². The van der Waals surface area contributed by atoms with Gasteiger partial charge in [-0.05, 0) is 63.6 Å². The highest BCUT2D eigenvalue weighted by molar-refractivity contribution is 4.80. The van der Waals surface area contributed by atoms with E-state index in [9.17, 15) is 0 Å². The third-order valence-corrected chi connectivity index (χ3v) is 4.83. The van der Waals surface area contributed by atoms with Crippen LogP contribution < -0.4 is 5.73 Å². The number of piperidine rings is 1. The van der Waals surface area contributed by atoms with Gasteiger partial charge in [0, 0.05) is 13.2 Å². The summed E-state index contributed by atoms with van der Waals surface area (Å²) in [7, 11) is 0. The number of hydrogen-bond donors (Lipinski definition) is 1. The number of nitrogens with two attached hydrogens (primary N) is 1. The van der Waals surface area contributed by atoms with Crippen molar-refractivity contribution in [2.24, 2.45) is 17.6 Å². The van der Waals surface area contributed by atoms with Crippen LogP contribution in [0.15, 0.2) is 0 Å². The first kappa shape index (κ1) is 14.3. The van der Waals surface area contributed by atoms with Gasteiger partial charge in [-0.15, -0.1) is 0 Å². The Bertz CT molecular complexity index is 229. The zero-order valence-electron chi connectivity index (χ0n) is 11.9. The zero-order chi connectivity index (χ0) is 12.8. The van der Waals surface area contributed by atoms with Crippen LogP contribution in [0.1, 0.15) is 45.4 Å². The molecule has 0 aromatic rings. The summed E-state index contributed by atoms with van der Waals surface area (Å²) in [5, 5.41) is 0. The van der Waals surface area contributed by atoms with Gasteiger partial charge in [-0.1, -0.05) is 13.3 Å². The molecule has 0 spiro atoms. The maximum atomic E-state index is 5.86. The lowest BCUT2D eigenvalue weighted by Crippen LogP contribution is -2.43. The first-order valence-electron chi connectivity index (χ1n) is 7.87. The van der Waals surface area contributed by atoms with E-state index in [0.717, 1.165) is 25.0 Å². The van der Waals surface area contributed by atoms with Crippen molar-refractivity contribution in [1.29, 1.82) is 0 Å². The van der Waals surface area contributed by atoms with Crippen molar-refractivity contribution in [2.75, 3.05) is 32.8 Å². The topological polar surface area (TPSA) is 38.5 Å². The molecule has 3 nitrogen and oxygen atoms in total. The standard InChI is InChI=1S/C15H30N2O/c1-2-13-12-17(9-7-14(13)11-16)8-3-5-15-6-4-10-18-15/h13-15H,2-12,16H2,1H3. The van der Waals surface area contributed by atoms with Crippen LogP contribution in [-0.4, -0.2) is 43.8 Å². The third kappa shape index (κ3) is 3.94. The van der Waals surface area contributed by atoms with Gasteiger partial charge < -0.3 is 15.4 Å². The molecule has 2 heterocycles. The highest BCUT2D eigenvalue weighted by Gasteiger charge is 2.26. The Morgan fingerprint density at radius 1 is 1.28 bits per heavy atom. The molecule has 106 valence electrons. The van der Waals surface area contributed by atoms with E-state index in [1.807, 2.05) is 0 Å². The largest absolute Gasteiger partial charge is 0.378 e. The molecule has 3 atom stereocenters. The molecule has 0 saturated carbocycles. The van der Waals surface area contributed by atoms with Crippen molar-refractivity contribution in [3.05, 3.63) is 0 Å². The zero-order valence-corrected chi connectivity index (χ0v) is 11.9. The van der Waals surface area contributed by atoms with Crippen LogP contribution in [0.3, 0.4) is 0 Å². The van der Waals surface area contributed by atoms with Crippen LogP contribution in [0, 0.1) is 11.8 Å². The highest BCUT2D eigenvalue weighted by Crippen LogP contribution is 2.26. The van der Waals surface area contributed by atoms with Gasteiger partial charge >= 0.3 is 0 Å². The van der Waals surface area contributed by atoms with E-state index in [1.54, 1.807) is 0 Å². The molecule has 0 amide bonds. The molecule has 0 aromatic carbocycles. The van der Waals surface area contributed by atoms with Crippen molar-refractivity contribution < 1.29 is 4.74 Å². The molecule has 2 N–H and O–H groups in total. The molecule has 2 fully saturated rings. The average molecular weight is 254 g/mol. The van der Waals surface area contributed by atoms with E-state index in [2.05, 4.69) is 11.8 Å². The molecular formula is C15H30N2O. The quantitative estimate of drug-likeness (QED) is 0.790. The molecular weight excluding hydrogens is 224 g/mol.